The molecular formula is C23H29FN2O2. The zero-order valence-corrected chi connectivity index (χ0v) is 16.5. The average molecular weight is 384 g/mol. The van der Waals surface area contributed by atoms with Crippen LogP contribution in [0.15, 0.2) is 48.5 Å². The number of nitrogens with one attached hydrogen (secondary N) is 1. The molecule has 0 spiro atoms. The molecule has 1 heterocycles. The van der Waals surface area contributed by atoms with E-state index in [1.807, 2.05) is 42.2 Å². The van der Waals surface area contributed by atoms with Gasteiger partial charge < -0.3 is 15.0 Å². The molecule has 5 heteroatoms. The molecule has 0 aliphatic carbocycles. The Balaban J connectivity index is 1.71. The summed E-state index contributed by atoms with van der Waals surface area (Å²) in [4.78, 5) is 14.9. The number of carbonyl (C=O) groups is 1. The lowest BCUT2D eigenvalue weighted by atomic mass is 9.94. The maximum absolute atomic E-state index is 13.6. The Kier molecular flexibility index (Phi) is 7.43. The van der Waals surface area contributed by atoms with Crippen LogP contribution in [-0.2, 0) is 17.9 Å². The van der Waals surface area contributed by atoms with Crippen LogP contribution in [0.2, 0.25) is 0 Å². The summed E-state index contributed by atoms with van der Waals surface area (Å²) in [6, 6.07) is 14.3. The Hall–Kier alpha value is -2.40. The molecule has 0 bridgehead atoms. The predicted octanol–water partition coefficient (Wildman–Crippen LogP) is 4.14. The first-order valence-electron chi connectivity index (χ1n) is 10.1. The number of halogens is 1. The van der Waals surface area contributed by atoms with Crippen molar-refractivity contribution in [3.8, 4) is 5.75 Å². The van der Waals surface area contributed by atoms with E-state index in [9.17, 15) is 9.18 Å². The lowest BCUT2D eigenvalue weighted by Crippen LogP contribution is -2.34. The van der Waals surface area contributed by atoms with Gasteiger partial charge in [-0.05, 0) is 74.2 Å². The molecule has 1 aliphatic rings. The number of hydrogen-bond donors (Lipinski definition) is 1. The molecule has 0 unspecified atom stereocenters. The molecule has 1 fully saturated rings. The highest BCUT2D eigenvalue weighted by molar-refractivity contribution is 5.76. The molecule has 2 aromatic rings. The molecule has 1 N–H and O–H groups in total. The van der Waals surface area contributed by atoms with Crippen molar-refractivity contribution in [1.82, 2.24) is 10.2 Å². The van der Waals surface area contributed by atoms with Crippen LogP contribution in [-0.4, -0.2) is 30.5 Å². The van der Waals surface area contributed by atoms with E-state index in [-0.39, 0.29) is 11.7 Å². The Labute approximate surface area is 166 Å². The van der Waals surface area contributed by atoms with Crippen LogP contribution in [0.5, 0.6) is 5.75 Å². The van der Waals surface area contributed by atoms with Crippen LogP contribution < -0.4 is 10.1 Å². The molecule has 0 radical (unpaired) electrons. The highest BCUT2D eigenvalue weighted by Crippen LogP contribution is 2.21. The zero-order chi connectivity index (χ0) is 19.8. The van der Waals surface area contributed by atoms with Gasteiger partial charge in [-0.25, -0.2) is 4.39 Å². The van der Waals surface area contributed by atoms with E-state index in [1.165, 1.54) is 12.1 Å². The highest BCUT2D eigenvalue weighted by atomic mass is 19.1. The molecular weight excluding hydrogens is 355 g/mol. The minimum absolute atomic E-state index is 0.130. The van der Waals surface area contributed by atoms with E-state index in [0.717, 1.165) is 42.8 Å². The van der Waals surface area contributed by atoms with E-state index in [1.54, 1.807) is 6.07 Å². The molecule has 28 heavy (non-hydrogen) atoms. The normalized spacial score (nSPS) is 14.6. The summed E-state index contributed by atoms with van der Waals surface area (Å²) >= 11 is 0. The Morgan fingerprint density at radius 2 is 1.82 bits per heavy atom. The smallest absolute Gasteiger partial charge is 0.223 e. The fourth-order valence-electron chi connectivity index (χ4n) is 3.63. The first-order chi connectivity index (χ1) is 13.6. The molecule has 1 amide bonds. The average Bonchev–Trinajstić information content (AvgIpc) is 2.70. The van der Waals surface area contributed by atoms with E-state index in [2.05, 4.69) is 5.32 Å². The lowest BCUT2D eigenvalue weighted by Gasteiger charge is -2.27. The van der Waals surface area contributed by atoms with Gasteiger partial charge >= 0.3 is 0 Å². The number of ether oxygens (including phenoxy) is 1. The number of hydrogen-bond acceptors (Lipinski definition) is 3. The Bertz CT molecular complexity index is 757. The van der Waals surface area contributed by atoms with Crippen LogP contribution >= 0.6 is 0 Å². The van der Waals surface area contributed by atoms with E-state index >= 15 is 0 Å². The van der Waals surface area contributed by atoms with Crippen molar-refractivity contribution >= 4 is 5.91 Å². The number of piperidine rings is 1. The second kappa shape index (κ2) is 10.2. The minimum atomic E-state index is -0.274. The summed E-state index contributed by atoms with van der Waals surface area (Å²) in [6.45, 7) is 5.44. The van der Waals surface area contributed by atoms with Gasteiger partial charge in [-0.15, -0.1) is 0 Å². The highest BCUT2D eigenvalue weighted by Gasteiger charge is 2.21. The third kappa shape index (κ3) is 6.06. The van der Waals surface area contributed by atoms with Crippen LogP contribution in [0, 0.1) is 11.7 Å². The molecule has 0 atom stereocenters. The first kappa shape index (κ1) is 20.3. The molecule has 150 valence electrons. The van der Waals surface area contributed by atoms with Crippen molar-refractivity contribution in [3.05, 3.63) is 65.5 Å². The van der Waals surface area contributed by atoms with Crippen molar-refractivity contribution in [2.45, 2.75) is 39.3 Å². The van der Waals surface area contributed by atoms with E-state index in [4.69, 9.17) is 4.74 Å². The van der Waals surface area contributed by atoms with Gasteiger partial charge in [0.15, 0.2) is 0 Å². The van der Waals surface area contributed by atoms with Crippen molar-refractivity contribution in [2.24, 2.45) is 5.92 Å². The monoisotopic (exact) mass is 384 g/mol. The van der Waals surface area contributed by atoms with Crippen molar-refractivity contribution < 1.29 is 13.9 Å². The number of amides is 1. The van der Waals surface area contributed by atoms with Gasteiger partial charge in [0, 0.05) is 19.5 Å². The molecule has 1 saturated heterocycles. The number of carbonyl (C=O) groups excluding carboxylic acids is 1. The van der Waals surface area contributed by atoms with Gasteiger partial charge in [0.05, 0.1) is 6.61 Å². The molecule has 2 aromatic carbocycles. The predicted molar refractivity (Wildman–Crippen MR) is 108 cm³/mol. The van der Waals surface area contributed by atoms with Crippen LogP contribution in [0.3, 0.4) is 0 Å². The third-order valence-electron chi connectivity index (χ3n) is 5.14. The van der Waals surface area contributed by atoms with Crippen LogP contribution in [0.1, 0.15) is 37.3 Å². The Morgan fingerprint density at radius 3 is 2.50 bits per heavy atom. The summed E-state index contributed by atoms with van der Waals surface area (Å²) in [7, 11) is 0. The van der Waals surface area contributed by atoms with Crippen molar-refractivity contribution in [2.75, 3.05) is 19.7 Å². The molecule has 0 aromatic heterocycles. The minimum Gasteiger partial charge on any atom is -0.494 e. The molecule has 3 rings (SSSR count). The Morgan fingerprint density at radius 1 is 1.11 bits per heavy atom. The first-order valence-corrected chi connectivity index (χ1v) is 10.1. The summed E-state index contributed by atoms with van der Waals surface area (Å²) < 4.78 is 19.1. The molecule has 1 aliphatic heterocycles. The maximum Gasteiger partial charge on any atom is 0.223 e. The third-order valence-corrected chi connectivity index (χ3v) is 5.14. The fourth-order valence-corrected chi connectivity index (χ4v) is 3.63. The van der Waals surface area contributed by atoms with Gasteiger partial charge in [-0.2, -0.15) is 0 Å². The van der Waals surface area contributed by atoms with Gasteiger partial charge in [0.2, 0.25) is 5.91 Å². The zero-order valence-electron chi connectivity index (χ0n) is 16.5. The second-order valence-electron chi connectivity index (χ2n) is 7.35. The number of benzene rings is 2. The van der Waals surface area contributed by atoms with Crippen molar-refractivity contribution in [1.29, 1.82) is 0 Å². The molecule has 0 saturated carbocycles. The lowest BCUT2D eigenvalue weighted by molar-refractivity contribution is -0.133. The molecule has 4 nitrogen and oxygen atoms in total. The van der Waals surface area contributed by atoms with Gasteiger partial charge in [0.1, 0.15) is 11.6 Å². The largest absolute Gasteiger partial charge is 0.494 e. The van der Waals surface area contributed by atoms with Crippen LogP contribution in [0.4, 0.5) is 4.39 Å². The summed E-state index contributed by atoms with van der Waals surface area (Å²) in [5.74, 6) is 1.10. The summed E-state index contributed by atoms with van der Waals surface area (Å²) in [5, 5.41) is 3.34. The van der Waals surface area contributed by atoms with E-state index in [0.29, 0.717) is 32.0 Å². The SMILES string of the molecule is CCOc1ccc(CN(Cc2cccc(F)c2)C(=O)CC2CCNCC2)cc1. The van der Waals surface area contributed by atoms with Crippen molar-refractivity contribution in [3.63, 3.8) is 0 Å². The fraction of sp³-hybridized carbons (Fsp3) is 0.435. The summed E-state index contributed by atoms with van der Waals surface area (Å²) in [6.07, 6.45) is 2.61. The maximum atomic E-state index is 13.6. The summed E-state index contributed by atoms with van der Waals surface area (Å²) in [5.41, 5.74) is 1.85. The number of rotatable bonds is 8. The quantitative estimate of drug-likeness (QED) is 0.744. The van der Waals surface area contributed by atoms with Gasteiger partial charge in [-0.1, -0.05) is 24.3 Å². The van der Waals surface area contributed by atoms with Crippen LogP contribution in [0.25, 0.3) is 0 Å². The standard InChI is InChI=1S/C23H29FN2O2/c1-2-28-22-8-6-19(7-9-22)16-26(17-20-4-3-5-21(24)14-20)23(27)15-18-10-12-25-13-11-18/h3-9,14,18,25H,2,10-13,15-17H2,1H3. The topological polar surface area (TPSA) is 41.6 Å². The van der Waals surface area contributed by atoms with Gasteiger partial charge in [0.25, 0.3) is 0 Å². The van der Waals surface area contributed by atoms with Gasteiger partial charge in [-0.3, -0.25) is 4.79 Å². The van der Waals surface area contributed by atoms with E-state index < -0.39 is 0 Å². The second-order valence-corrected chi connectivity index (χ2v) is 7.35. The number of nitrogens with zero attached hydrogens (tertiary/aromatic N) is 1.